The van der Waals surface area contributed by atoms with Crippen LogP contribution in [-0.2, 0) is 0 Å². The molecule has 0 radical (unpaired) electrons. The summed E-state index contributed by atoms with van der Waals surface area (Å²) in [6, 6.07) is 0.568. The van der Waals surface area contributed by atoms with Crippen LogP contribution in [0.5, 0.6) is 0 Å². The highest BCUT2D eigenvalue weighted by molar-refractivity contribution is 4.53. The van der Waals surface area contributed by atoms with Crippen LogP contribution in [0.2, 0.25) is 0 Å². The minimum absolute atomic E-state index is 0.568. The molecule has 3 heteroatoms. The number of hydrogen-bond acceptors (Lipinski definition) is 3. The highest BCUT2D eigenvalue weighted by Gasteiger charge is 2.03. The molecule has 0 bridgehead atoms. The van der Waals surface area contributed by atoms with Gasteiger partial charge in [-0.25, -0.2) is 10.4 Å². The van der Waals surface area contributed by atoms with E-state index in [9.17, 15) is 0 Å². The SMILES string of the molecule is CCN(NCNC)C(C)C. The lowest BCUT2D eigenvalue weighted by atomic mass is 10.4. The summed E-state index contributed by atoms with van der Waals surface area (Å²) in [6.07, 6.45) is 0. The molecule has 2 N–H and O–H groups in total. The standard InChI is InChI=1S/C7H19N3/c1-5-10(7(2)3)9-6-8-4/h7-9H,5-6H2,1-4H3. The van der Waals surface area contributed by atoms with E-state index in [0.717, 1.165) is 13.2 Å². The van der Waals surface area contributed by atoms with Gasteiger partial charge in [0.1, 0.15) is 0 Å². The van der Waals surface area contributed by atoms with Crippen molar-refractivity contribution in [2.75, 3.05) is 20.3 Å². The van der Waals surface area contributed by atoms with E-state index in [0.29, 0.717) is 6.04 Å². The second-order valence-electron chi connectivity index (χ2n) is 2.57. The number of hydrazine groups is 1. The zero-order valence-electron chi connectivity index (χ0n) is 7.44. The number of nitrogens with zero attached hydrogens (tertiary/aromatic N) is 1. The molecular formula is C7H19N3. The topological polar surface area (TPSA) is 27.3 Å². The quantitative estimate of drug-likeness (QED) is 0.433. The van der Waals surface area contributed by atoms with Crippen molar-refractivity contribution in [1.82, 2.24) is 15.8 Å². The largest absolute Gasteiger partial charge is 0.307 e. The first-order valence-electron chi connectivity index (χ1n) is 3.87. The number of rotatable bonds is 5. The van der Waals surface area contributed by atoms with Gasteiger partial charge in [0.15, 0.2) is 0 Å². The van der Waals surface area contributed by atoms with E-state index < -0.39 is 0 Å². The molecule has 0 aromatic carbocycles. The Morgan fingerprint density at radius 2 is 2.00 bits per heavy atom. The highest BCUT2D eigenvalue weighted by atomic mass is 15.5. The molecule has 0 aliphatic carbocycles. The molecule has 0 rings (SSSR count). The predicted molar refractivity (Wildman–Crippen MR) is 44.6 cm³/mol. The highest BCUT2D eigenvalue weighted by Crippen LogP contribution is 1.90. The van der Waals surface area contributed by atoms with Crippen LogP contribution in [0.3, 0.4) is 0 Å². The average molecular weight is 145 g/mol. The second kappa shape index (κ2) is 5.65. The zero-order chi connectivity index (χ0) is 7.98. The van der Waals surface area contributed by atoms with Gasteiger partial charge in [0, 0.05) is 12.6 Å². The van der Waals surface area contributed by atoms with Crippen molar-refractivity contribution in [1.29, 1.82) is 0 Å². The number of nitrogens with one attached hydrogen (secondary N) is 2. The van der Waals surface area contributed by atoms with Gasteiger partial charge in [-0.05, 0) is 20.9 Å². The minimum atomic E-state index is 0.568. The van der Waals surface area contributed by atoms with Crippen LogP contribution in [0.15, 0.2) is 0 Å². The van der Waals surface area contributed by atoms with E-state index in [1.807, 2.05) is 7.05 Å². The van der Waals surface area contributed by atoms with Crippen molar-refractivity contribution in [3.63, 3.8) is 0 Å². The summed E-state index contributed by atoms with van der Waals surface area (Å²) in [7, 11) is 1.93. The molecule has 0 aliphatic heterocycles. The van der Waals surface area contributed by atoms with Gasteiger partial charge in [0.05, 0.1) is 6.67 Å². The summed E-state index contributed by atoms with van der Waals surface area (Å²) in [5, 5.41) is 5.23. The van der Waals surface area contributed by atoms with Crippen molar-refractivity contribution in [3.8, 4) is 0 Å². The summed E-state index contributed by atoms with van der Waals surface area (Å²) in [5.41, 5.74) is 3.24. The van der Waals surface area contributed by atoms with Crippen LogP contribution in [0.25, 0.3) is 0 Å². The maximum Gasteiger partial charge on any atom is 0.0589 e. The third kappa shape index (κ3) is 3.82. The lowest BCUT2D eigenvalue weighted by molar-refractivity contribution is 0.149. The van der Waals surface area contributed by atoms with Crippen LogP contribution in [-0.4, -0.2) is 31.3 Å². The second-order valence-corrected chi connectivity index (χ2v) is 2.57. The molecule has 10 heavy (non-hydrogen) atoms. The van der Waals surface area contributed by atoms with Crippen LogP contribution in [0.1, 0.15) is 20.8 Å². The van der Waals surface area contributed by atoms with Crippen molar-refractivity contribution < 1.29 is 0 Å². The van der Waals surface area contributed by atoms with Crippen LogP contribution in [0.4, 0.5) is 0 Å². The minimum Gasteiger partial charge on any atom is -0.307 e. The fourth-order valence-electron chi connectivity index (χ4n) is 0.840. The number of hydrogen-bond donors (Lipinski definition) is 2. The van der Waals surface area contributed by atoms with Crippen molar-refractivity contribution in [3.05, 3.63) is 0 Å². The summed E-state index contributed by atoms with van der Waals surface area (Å²) in [4.78, 5) is 0. The molecule has 0 amide bonds. The van der Waals surface area contributed by atoms with Crippen molar-refractivity contribution in [2.45, 2.75) is 26.8 Å². The van der Waals surface area contributed by atoms with Gasteiger partial charge in [-0.3, -0.25) is 0 Å². The molecule has 0 atom stereocenters. The van der Waals surface area contributed by atoms with E-state index in [2.05, 4.69) is 36.5 Å². The van der Waals surface area contributed by atoms with Crippen molar-refractivity contribution in [2.24, 2.45) is 0 Å². The van der Waals surface area contributed by atoms with Crippen LogP contribution >= 0.6 is 0 Å². The molecule has 0 aromatic heterocycles. The van der Waals surface area contributed by atoms with E-state index in [4.69, 9.17) is 0 Å². The Labute approximate surface area is 63.8 Å². The Bertz CT molecular complexity index is 73.3. The van der Waals surface area contributed by atoms with Crippen molar-refractivity contribution >= 4 is 0 Å². The molecule has 0 aliphatic rings. The smallest absolute Gasteiger partial charge is 0.0589 e. The van der Waals surface area contributed by atoms with E-state index in [-0.39, 0.29) is 0 Å². The summed E-state index contributed by atoms with van der Waals surface area (Å²) in [5.74, 6) is 0. The van der Waals surface area contributed by atoms with E-state index in [1.165, 1.54) is 0 Å². The third-order valence-electron chi connectivity index (χ3n) is 1.42. The molecule has 0 aromatic rings. The van der Waals surface area contributed by atoms with Gasteiger partial charge in [-0.15, -0.1) is 0 Å². The molecule has 3 nitrogen and oxygen atoms in total. The Balaban J connectivity index is 3.40. The van der Waals surface area contributed by atoms with Crippen LogP contribution in [0, 0.1) is 0 Å². The molecular weight excluding hydrogens is 126 g/mol. The summed E-state index contributed by atoms with van der Waals surface area (Å²) >= 11 is 0. The summed E-state index contributed by atoms with van der Waals surface area (Å²) in [6.45, 7) is 8.37. The maximum absolute atomic E-state index is 3.24. The predicted octanol–water partition coefficient (Wildman–Crippen LogP) is 0.398. The van der Waals surface area contributed by atoms with Crippen LogP contribution < -0.4 is 10.7 Å². The lowest BCUT2D eigenvalue weighted by Crippen LogP contribution is -2.46. The molecule has 0 saturated heterocycles. The molecule has 0 heterocycles. The fourth-order valence-corrected chi connectivity index (χ4v) is 0.840. The van der Waals surface area contributed by atoms with Gasteiger partial charge >= 0.3 is 0 Å². The van der Waals surface area contributed by atoms with Gasteiger partial charge < -0.3 is 5.32 Å². The van der Waals surface area contributed by atoms with Gasteiger partial charge in [-0.1, -0.05) is 6.92 Å². The Hall–Kier alpha value is -0.120. The third-order valence-corrected chi connectivity index (χ3v) is 1.42. The average Bonchev–Trinajstić information content (AvgIpc) is 1.89. The molecule has 0 spiro atoms. The Kier molecular flexibility index (Phi) is 5.58. The first kappa shape index (κ1) is 9.88. The molecule has 62 valence electrons. The Morgan fingerprint density at radius 3 is 2.30 bits per heavy atom. The lowest BCUT2D eigenvalue weighted by Gasteiger charge is -2.25. The molecule has 0 saturated carbocycles. The maximum atomic E-state index is 3.24. The monoisotopic (exact) mass is 145 g/mol. The first-order valence-corrected chi connectivity index (χ1v) is 3.87. The van der Waals surface area contributed by atoms with E-state index in [1.54, 1.807) is 0 Å². The Morgan fingerprint density at radius 1 is 1.40 bits per heavy atom. The molecule has 0 unspecified atom stereocenters. The van der Waals surface area contributed by atoms with Gasteiger partial charge in [0.25, 0.3) is 0 Å². The van der Waals surface area contributed by atoms with Gasteiger partial charge in [0.2, 0.25) is 0 Å². The molecule has 0 fully saturated rings. The fraction of sp³-hybridized carbons (Fsp3) is 1.00. The van der Waals surface area contributed by atoms with E-state index >= 15 is 0 Å². The first-order chi connectivity index (χ1) is 4.72. The summed E-state index contributed by atoms with van der Waals surface area (Å²) < 4.78 is 0. The zero-order valence-corrected chi connectivity index (χ0v) is 7.44. The van der Waals surface area contributed by atoms with Gasteiger partial charge in [-0.2, -0.15) is 0 Å². The normalized spacial score (nSPS) is 11.4.